The van der Waals surface area contributed by atoms with Crippen molar-refractivity contribution in [3.05, 3.63) is 12.7 Å². The van der Waals surface area contributed by atoms with E-state index in [-0.39, 0.29) is 25.7 Å². The summed E-state index contributed by atoms with van der Waals surface area (Å²) >= 11 is 0. The van der Waals surface area contributed by atoms with Crippen molar-refractivity contribution in [3.63, 3.8) is 0 Å². The molecule has 0 spiro atoms. The summed E-state index contributed by atoms with van der Waals surface area (Å²) in [5, 5.41) is 0. The molecule has 0 aromatic rings. The van der Waals surface area contributed by atoms with Gasteiger partial charge in [-0.3, -0.25) is 0 Å². The van der Waals surface area contributed by atoms with Gasteiger partial charge in [0, 0.05) is 6.08 Å². The SMILES string of the molecule is C=CC(=O)OC1(C(F)(F)C(C)(O[Si](C)(C)C)C(F)(F)F)CCCCC1. The molecule has 1 fully saturated rings. The molecular weight excluding hydrogens is 363 g/mol. The zero-order chi connectivity index (χ0) is 19.7. The van der Waals surface area contributed by atoms with Crippen LogP contribution in [0.25, 0.3) is 0 Å². The number of hydrogen-bond donors (Lipinski definition) is 0. The zero-order valence-corrected chi connectivity index (χ0v) is 15.9. The van der Waals surface area contributed by atoms with Gasteiger partial charge in [-0.1, -0.05) is 13.0 Å². The summed E-state index contributed by atoms with van der Waals surface area (Å²) in [6.45, 7) is 7.69. The molecular formula is C16H25F5O3Si. The Morgan fingerprint density at radius 3 is 1.92 bits per heavy atom. The number of rotatable bonds is 6. The molecule has 1 aliphatic carbocycles. The van der Waals surface area contributed by atoms with Gasteiger partial charge in [-0.2, -0.15) is 22.0 Å². The fourth-order valence-corrected chi connectivity index (χ4v) is 4.65. The van der Waals surface area contributed by atoms with Crippen LogP contribution < -0.4 is 0 Å². The van der Waals surface area contributed by atoms with Gasteiger partial charge in [0.15, 0.2) is 13.9 Å². The van der Waals surface area contributed by atoms with E-state index >= 15 is 8.78 Å². The highest BCUT2D eigenvalue weighted by molar-refractivity contribution is 6.69. The minimum absolute atomic E-state index is 0.237. The second-order valence-corrected chi connectivity index (χ2v) is 11.9. The zero-order valence-electron chi connectivity index (χ0n) is 14.9. The summed E-state index contributed by atoms with van der Waals surface area (Å²) in [4.78, 5) is 11.6. The quantitative estimate of drug-likeness (QED) is 0.271. The third kappa shape index (κ3) is 4.24. The Kier molecular flexibility index (Phi) is 6.16. The molecule has 0 aliphatic heterocycles. The van der Waals surface area contributed by atoms with Crippen LogP contribution in [0.1, 0.15) is 39.0 Å². The minimum Gasteiger partial charge on any atom is -0.449 e. The average Bonchev–Trinajstić information content (AvgIpc) is 2.44. The summed E-state index contributed by atoms with van der Waals surface area (Å²) in [5.74, 6) is -5.63. The third-order valence-corrected chi connectivity index (χ3v) is 5.37. The highest BCUT2D eigenvalue weighted by Crippen LogP contribution is 2.55. The van der Waals surface area contributed by atoms with Crippen molar-refractivity contribution < 1.29 is 35.9 Å². The van der Waals surface area contributed by atoms with Crippen molar-refractivity contribution in [3.8, 4) is 0 Å². The van der Waals surface area contributed by atoms with Crippen LogP contribution in [0.5, 0.6) is 0 Å². The van der Waals surface area contributed by atoms with Gasteiger partial charge in [0.1, 0.15) is 0 Å². The lowest BCUT2D eigenvalue weighted by Crippen LogP contribution is -2.71. The van der Waals surface area contributed by atoms with Gasteiger partial charge in [-0.15, -0.1) is 0 Å². The average molecular weight is 388 g/mol. The summed E-state index contributed by atoms with van der Waals surface area (Å²) in [6.07, 6.45) is -4.33. The Bertz CT molecular complexity index is 507. The Morgan fingerprint density at radius 2 is 1.56 bits per heavy atom. The lowest BCUT2D eigenvalue weighted by atomic mass is 9.73. The predicted octanol–water partition coefficient (Wildman–Crippen LogP) is 5.23. The Balaban J connectivity index is 3.50. The van der Waals surface area contributed by atoms with Crippen LogP contribution in [0.15, 0.2) is 12.7 Å². The number of hydrogen-bond acceptors (Lipinski definition) is 3. The van der Waals surface area contributed by atoms with Crippen molar-refractivity contribution in [2.45, 2.75) is 82.0 Å². The van der Waals surface area contributed by atoms with Crippen LogP contribution >= 0.6 is 0 Å². The fourth-order valence-electron chi connectivity index (χ4n) is 3.18. The highest BCUT2D eigenvalue weighted by atomic mass is 28.4. The predicted molar refractivity (Wildman–Crippen MR) is 85.9 cm³/mol. The maximum atomic E-state index is 15.4. The van der Waals surface area contributed by atoms with Crippen molar-refractivity contribution >= 4 is 14.3 Å². The third-order valence-electron chi connectivity index (χ3n) is 4.35. The van der Waals surface area contributed by atoms with E-state index in [1.807, 2.05) is 0 Å². The van der Waals surface area contributed by atoms with Crippen molar-refractivity contribution in [2.24, 2.45) is 0 Å². The number of halogens is 5. The van der Waals surface area contributed by atoms with Gasteiger partial charge in [0.05, 0.1) is 0 Å². The summed E-state index contributed by atoms with van der Waals surface area (Å²) in [7, 11) is -3.02. The minimum atomic E-state index is -5.35. The second-order valence-electron chi connectivity index (χ2n) is 7.50. The summed E-state index contributed by atoms with van der Waals surface area (Å²) < 4.78 is 81.9. The monoisotopic (exact) mass is 388 g/mol. The van der Waals surface area contributed by atoms with Crippen LogP contribution in [0.2, 0.25) is 19.6 Å². The molecule has 0 aromatic heterocycles. The standard InChI is InChI=1S/C16H25F5O3Si/c1-6-12(22)23-14(10-8-7-9-11-14)15(17,18)13(2,16(19,20)21)24-25(3,4)5/h6H,1,7-11H2,2-5H3. The molecule has 25 heavy (non-hydrogen) atoms. The maximum Gasteiger partial charge on any atom is 0.422 e. The molecule has 146 valence electrons. The van der Waals surface area contributed by atoms with E-state index < -0.39 is 37.6 Å². The van der Waals surface area contributed by atoms with Gasteiger partial charge in [-0.25, -0.2) is 4.79 Å². The van der Waals surface area contributed by atoms with E-state index in [2.05, 4.69) is 6.58 Å². The van der Waals surface area contributed by atoms with Crippen molar-refractivity contribution in [1.29, 1.82) is 0 Å². The molecule has 0 N–H and O–H groups in total. The number of alkyl halides is 5. The molecule has 1 unspecified atom stereocenters. The van der Waals surface area contributed by atoms with Gasteiger partial charge in [-0.05, 0) is 52.2 Å². The maximum absolute atomic E-state index is 15.4. The van der Waals surface area contributed by atoms with Crippen LogP contribution in [0.3, 0.4) is 0 Å². The number of carbonyl (C=O) groups excluding carboxylic acids is 1. The second kappa shape index (κ2) is 6.98. The van der Waals surface area contributed by atoms with Gasteiger partial charge in [0.2, 0.25) is 5.60 Å². The number of carbonyl (C=O) groups is 1. The molecule has 1 rings (SSSR count). The molecule has 1 saturated carbocycles. The van der Waals surface area contributed by atoms with E-state index in [1.54, 1.807) is 0 Å². The molecule has 0 heterocycles. The molecule has 0 saturated heterocycles. The van der Waals surface area contributed by atoms with Crippen LogP contribution in [0, 0.1) is 0 Å². The van der Waals surface area contributed by atoms with E-state index in [0.717, 1.165) is 0 Å². The summed E-state index contributed by atoms with van der Waals surface area (Å²) in [6, 6.07) is 0. The first-order valence-electron chi connectivity index (χ1n) is 8.12. The molecule has 0 bridgehead atoms. The molecule has 0 radical (unpaired) electrons. The van der Waals surface area contributed by atoms with Gasteiger partial charge < -0.3 is 9.16 Å². The Morgan fingerprint density at radius 1 is 1.08 bits per heavy atom. The van der Waals surface area contributed by atoms with Crippen LogP contribution in [-0.2, 0) is 14.0 Å². The molecule has 1 atom stereocenters. The molecule has 0 amide bonds. The first kappa shape index (κ1) is 22.1. The van der Waals surface area contributed by atoms with Crippen LogP contribution in [-0.4, -0.2) is 37.6 Å². The van der Waals surface area contributed by atoms with E-state index in [0.29, 0.717) is 19.4 Å². The van der Waals surface area contributed by atoms with Crippen molar-refractivity contribution in [2.75, 3.05) is 0 Å². The lowest BCUT2D eigenvalue weighted by Gasteiger charge is -2.51. The van der Waals surface area contributed by atoms with Gasteiger partial charge in [0.25, 0.3) is 0 Å². The number of esters is 1. The number of ether oxygens (including phenoxy) is 1. The van der Waals surface area contributed by atoms with E-state index in [9.17, 15) is 18.0 Å². The van der Waals surface area contributed by atoms with Gasteiger partial charge >= 0.3 is 18.1 Å². The van der Waals surface area contributed by atoms with Crippen LogP contribution in [0.4, 0.5) is 22.0 Å². The normalized spacial score (nSPS) is 21.3. The van der Waals surface area contributed by atoms with E-state index in [1.165, 1.54) is 19.6 Å². The molecule has 1 aliphatic rings. The Labute approximate surface area is 145 Å². The smallest absolute Gasteiger partial charge is 0.422 e. The Hall–Kier alpha value is -0.963. The first-order chi connectivity index (χ1) is 11.1. The lowest BCUT2D eigenvalue weighted by molar-refractivity contribution is -0.358. The van der Waals surface area contributed by atoms with Crippen molar-refractivity contribution in [1.82, 2.24) is 0 Å². The first-order valence-corrected chi connectivity index (χ1v) is 11.5. The molecule has 9 heteroatoms. The molecule has 0 aromatic carbocycles. The highest BCUT2D eigenvalue weighted by Gasteiger charge is 2.76. The summed E-state index contributed by atoms with van der Waals surface area (Å²) in [5.41, 5.74) is -6.33. The largest absolute Gasteiger partial charge is 0.449 e. The fraction of sp³-hybridized carbons (Fsp3) is 0.812. The topological polar surface area (TPSA) is 35.5 Å². The van der Waals surface area contributed by atoms with E-state index in [4.69, 9.17) is 9.16 Å². The molecule has 3 nitrogen and oxygen atoms in total.